The van der Waals surface area contributed by atoms with E-state index < -0.39 is 0 Å². The summed E-state index contributed by atoms with van der Waals surface area (Å²) in [6, 6.07) is 56.7. The van der Waals surface area contributed by atoms with Crippen LogP contribution in [-0.4, -0.2) is 0 Å². The number of hydrogen-bond donors (Lipinski definition) is 0. The molecule has 0 spiro atoms. The van der Waals surface area contributed by atoms with E-state index in [9.17, 15) is 0 Å². The lowest BCUT2D eigenvalue weighted by atomic mass is 9.86. The lowest BCUT2D eigenvalue weighted by Crippen LogP contribution is -2.10. The number of fused-ring (bicyclic) bond motifs is 6. The van der Waals surface area contributed by atoms with Crippen molar-refractivity contribution in [2.75, 3.05) is 4.90 Å². The number of anilines is 3. The normalized spacial score (nSPS) is 12.0. The second kappa shape index (κ2) is 11.5. The van der Waals surface area contributed by atoms with Crippen LogP contribution in [0, 0.1) is 0 Å². The average Bonchev–Trinajstić information content (AvgIpc) is 3.71. The first-order valence-electron chi connectivity index (χ1n) is 16.9. The van der Waals surface area contributed by atoms with Crippen molar-refractivity contribution >= 4 is 70.5 Å². The summed E-state index contributed by atoms with van der Waals surface area (Å²) in [7, 11) is 0. The van der Waals surface area contributed by atoms with Crippen LogP contribution >= 0.6 is 11.3 Å². The number of rotatable bonds is 5. The fourth-order valence-electron chi connectivity index (χ4n) is 7.23. The van der Waals surface area contributed by atoms with Crippen molar-refractivity contribution in [2.45, 2.75) is 26.2 Å². The SMILES string of the molecule is CC(C)(C)c1cccc2c1sc1c(-c3ccc(N(c4ccc(-c5ccccc5)cc4)c4cccc5oc6ccccc6c45)cc3)cccc12. The Morgan fingerprint density at radius 3 is 1.78 bits per heavy atom. The van der Waals surface area contributed by atoms with Gasteiger partial charge in [0.15, 0.2) is 0 Å². The smallest absolute Gasteiger partial charge is 0.137 e. The van der Waals surface area contributed by atoms with Gasteiger partial charge in [-0.3, -0.25) is 0 Å². The van der Waals surface area contributed by atoms with Gasteiger partial charge in [0.25, 0.3) is 0 Å². The lowest BCUT2D eigenvalue weighted by molar-refractivity contribution is 0.597. The van der Waals surface area contributed by atoms with E-state index in [1.54, 1.807) is 0 Å². The molecule has 0 bridgehead atoms. The number of nitrogens with zero attached hydrogens (tertiary/aromatic N) is 1. The van der Waals surface area contributed by atoms with Crippen molar-refractivity contribution in [2.24, 2.45) is 0 Å². The topological polar surface area (TPSA) is 16.4 Å². The first-order valence-corrected chi connectivity index (χ1v) is 17.7. The summed E-state index contributed by atoms with van der Waals surface area (Å²) >= 11 is 1.92. The van der Waals surface area contributed by atoms with Crippen molar-refractivity contribution in [3.63, 3.8) is 0 Å². The highest BCUT2D eigenvalue weighted by Gasteiger charge is 2.22. The highest BCUT2D eigenvalue weighted by molar-refractivity contribution is 7.26. The van der Waals surface area contributed by atoms with Crippen molar-refractivity contribution < 1.29 is 4.42 Å². The number of thiophene rings is 1. The van der Waals surface area contributed by atoms with Crippen LogP contribution in [0.4, 0.5) is 17.1 Å². The molecule has 0 amide bonds. The Kier molecular flexibility index (Phi) is 6.93. The van der Waals surface area contributed by atoms with Crippen LogP contribution in [0.25, 0.3) is 64.4 Å². The molecule has 0 fully saturated rings. The Bertz CT molecular complexity index is 2620. The Morgan fingerprint density at radius 2 is 1.04 bits per heavy atom. The molecule has 0 N–H and O–H groups in total. The van der Waals surface area contributed by atoms with Gasteiger partial charge in [0.2, 0.25) is 0 Å². The zero-order chi connectivity index (χ0) is 33.1. The Hall–Kier alpha value is -5.64. The molecule has 2 nitrogen and oxygen atoms in total. The first kappa shape index (κ1) is 29.5. The second-order valence-electron chi connectivity index (χ2n) is 13.8. The third kappa shape index (κ3) is 5.01. The molecule has 0 aliphatic heterocycles. The monoisotopic (exact) mass is 649 g/mol. The fraction of sp³-hybridized carbons (Fsp3) is 0.0870. The van der Waals surface area contributed by atoms with Crippen LogP contribution in [0.1, 0.15) is 26.3 Å². The molecule has 7 aromatic carbocycles. The van der Waals surface area contributed by atoms with E-state index in [1.807, 2.05) is 23.5 Å². The fourth-order valence-corrected chi connectivity index (χ4v) is 8.79. The summed E-state index contributed by atoms with van der Waals surface area (Å²) in [6.07, 6.45) is 0. The van der Waals surface area contributed by atoms with Gasteiger partial charge < -0.3 is 9.32 Å². The van der Waals surface area contributed by atoms with Gasteiger partial charge in [-0.25, -0.2) is 0 Å². The molecule has 0 aliphatic carbocycles. The lowest BCUT2D eigenvalue weighted by Gasteiger charge is -2.26. The minimum Gasteiger partial charge on any atom is -0.456 e. The molecule has 0 saturated heterocycles. The van der Waals surface area contributed by atoms with Gasteiger partial charge in [-0.2, -0.15) is 0 Å². The van der Waals surface area contributed by atoms with E-state index >= 15 is 0 Å². The van der Waals surface area contributed by atoms with Gasteiger partial charge in [-0.05, 0) is 75.7 Å². The molecule has 0 aliphatic rings. The van der Waals surface area contributed by atoms with E-state index in [-0.39, 0.29) is 5.41 Å². The summed E-state index contributed by atoms with van der Waals surface area (Å²) in [5.74, 6) is 0. The number of benzene rings is 7. The maximum atomic E-state index is 6.34. The molecular formula is C46H35NOS. The molecule has 0 saturated carbocycles. The third-order valence-electron chi connectivity index (χ3n) is 9.62. The molecule has 236 valence electrons. The predicted octanol–water partition coefficient (Wildman–Crippen LogP) is 14.1. The molecule has 3 heteroatoms. The van der Waals surface area contributed by atoms with Gasteiger partial charge in [-0.15, -0.1) is 11.3 Å². The van der Waals surface area contributed by atoms with Crippen LogP contribution in [-0.2, 0) is 5.41 Å². The molecule has 0 atom stereocenters. The number of furan rings is 1. The van der Waals surface area contributed by atoms with E-state index in [0.29, 0.717) is 0 Å². The van der Waals surface area contributed by atoms with Gasteiger partial charge in [0, 0.05) is 36.9 Å². The molecule has 0 unspecified atom stereocenters. The summed E-state index contributed by atoms with van der Waals surface area (Å²) in [5.41, 5.74) is 11.4. The van der Waals surface area contributed by atoms with Gasteiger partial charge >= 0.3 is 0 Å². The largest absolute Gasteiger partial charge is 0.456 e. The molecule has 2 aromatic heterocycles. The highest BCUT2D eigenvalue weighted by Crippen LogP contribution is 2.46. The maximum Gasteiger partial charge on any atom is 0.137 e. The van der Waals surface area contributed by atoms with Crippen molar-refractivity contribution in [1.29, 1.82) is 0 Å². The second-order valence-corrected chi connectivity index (χ2v) is 14.8. The van der Waals surface area contributed by atoms with Crippen LogP contribution in [0.3, 0.4) is 0 Å². The molecular weight excluding hydrogens is 615 g/mol. The first-order chi connectivity index (χ1) is 23.9. The molecule has 0 radical (unpaired) electrons. The minimum absolute atomic E-state index is 0.0775. The zero-order valence-electron chi connectivity index (χ0n) is 27.8. The molecule has 49 heavy (non-hydrogen) atoms. The van der Waals surface area contributed by atoms with E-state index in [4.69, 9.17) is 4.42 Å². The van der Waals surface area contributed by atoms with Crippen LogP contribution < -0.4 is 4.90 Å². The van der Waals surface area contributed by atoms with Crippen LogP contribution in [0.5, 0.6) is 0 Å². The van der Waals surface area contributed by atoms with E-state index in [2.05, 4.69) is 171 Å². The zero-order valence-corrected chi connectivity index (χ0v) is 28.6. The summed E-state index contributed by atoms with van der Waals surface area (Å²) in [6.45, 7) is 6.92. The van der Waals surface area contributed by atoms with E-state index in [1.165, 1.54) is 48.0 Å². The summed E-state index contributed by atoms with van der Waals surface area (Å²) in [4.78, 5) is 2.36. The summed E-state index contributed by atoms with van der Waals surface area (Å²) < 4.78 is 9.06. The Labute approximate surface area is 290 Å². The molecule has 2 heterocycles. The van der Waals surface area contributed by atoms with Gasteiger partial charge in [-0.1, -0.05) is 136 Å². The van der Waals surface area contributed by atoms with Crippen LogP contribution in [0.15, 0.2) is 162 Å². The quantitative estimate of drug-likeness (QED) is 0.184. The average molecular weight is 650 g/mol. The van der Waals surface area contributed by atoms with Gasteiger partial charge in [0.1, 0.15) is 11.2 Å². The standard InChI is InChI=1S/C46H35NOS/c1-46(2,3)39-18-10-17-37-36-16-9-15-35(44(36)49-45(37)39)32-24-28-34(29-25-32)47(33-26-22-31(23-27-33)30-12-5-4-6-13-30)40-19-11-21-42-43(40)38-14-7-8-20-41(38)48-42/h4-29H,1-3H3. The third-order valence-corrected chi connectivity index (χ3v) is 10.9. The highest BCUT2D eigenvalue weighted by atomic mass is 32.1. The number of para-hydroxylation sites is 1. The molecule has 9 aromatic rings. The Balaban J connectivity index is 1.19. The predicted molar refractivity (Wildman–Crippen MR) is 211 cm³/mol. The van der Waals surface area contributed by atoms with Gasteiger partial charge in [0.05, 0.1) is 11.1 Å². The summed E-state index contributed by atoms with van der Waals surface area (Å²) in [5, 5.41) is 4.89. The van der Waals surface area contributed by atoms with Crippen molar-refractivity contribution in [3.05, 3.63) is 163 Å². The number of hydrogen-bond acceptors (Lipinski definition) is 3. The van der Waals surface area contributed by atoms with E-state index in [0.717, 1.165) is 39.0 Å². The van der Waals surface area contributed by atoms with Crippen molar-refractivity contribution in [3.8, 4) is 22.3 Å². The van der Waals surface area contributed by atoms with Crippen molar-refractivity contribution in [1.82, 2.24) is 0 Å². The van der Waals surface area contributed by atoms with Crippen LogP contribution in [0.2, 0.25) is 0 Å². The molecule has 9 rings (SSSR count). The maximum absolute atomic E-state index is 6.34. The minimum atomic E-state index is 0.0775. The Morgan fingerprint density at radius 1 is 0.469 bits per heavy atom.